The molecular weight excluding hydrogens is 629 g/mol. The normalized spacial score (nSPS) is 14.0. The van der Waals surface area contributed by atoms with Crippen LogP contribution in [0.3, 0.4) is 0 Å². The number of carbonyl (C=O) groups is 2. The summed E-state index contributed by atoms with van der Waals surface area (Å²) in [7, 11) is 1.16. The van der Waals surface area contributed by atoms with E-state index in [1.165, 1.54) is 51.4 Å². The molecule has 10 heteroatoms. The number of hydrogen-bond acceptors (Lipinski definition) is 8. The first-order valence-electron chi connectivity index (χ1n) is 19.0. The summed E-state index contributed by atoms with van der Waals surface area (Å²) in [5.41, 5.74) is 0. The Labute approximate surface area is 294 Å². The number of allylic oxidation sites excluding steroid dienone is 4. The van der Waals surface area contributed by atoms with Crippen LogP contribution in [0.15, 0.2) is 24.3 Å². The van der Waals surface area contributed by atoms with E-state index in [2.05, 4.69) is 38.2 Å². The van der Waals surface area contributed by atoms with Crippen LogP contribution >= 0.6 is 7.82 Å². The molecule has 1 unspecified atom stereocenters. The van der Waals surface area contributed by atoms with Crippen molar-refractivity contribution in [2.24, 2.45) is 0 Å². The fourth-order valence-corrected chi connectivity index (χ4v) is 5.63. The number of hydrogen-bond donors (Lipinski definition) is 0. The molecule has 0 amide bonds. The van der Waals surface area contributed by atoms with Crippen LogP contribution in [0.2, 0.25) is 0 Å². The number of nitrogens with zero attached hydrogens (tertiary/aromatic N) is 1. The van der Waals surface area contributed by atoms with E-state index < -0.39 is 32.5 Å². The molecule has 0 N–H and O–H groups in total. The van der Waals surface area contributed by atoms with E-state index >= 15 is 0 Å². The Balaban J connectivity index is 4.45. The fourth-order valence-electron chi connectivity index (χ4n) is 4.90. The summed E-state index contributed by atoms with van der Waals surface area (Å²) in [6.07, 6.45) is 30.6. The van der Waals surface area contributed by atoms with Crippen LogP contribution in [0.25, 0.3) is 0 Å². The van der Waals surface area contributed by atoms with Crippen molar-refractivity contribution >= 4 is 19.8 Å². The number of unbranched alkanes of at least 4 members (excludes halogenated alkanes) is 16. The van der Waals surface area contributed by atoms with Crippen molar-refractivity contribution in [2.75, 3.05) is 47.5 Å². The second-order valence-corrected chi connectivity index (χ2v) is 15.4. The Bertz CT molecular complexity index is 886. The Morgan fingerprint density at radius 2 is 1.15 bits per heavy atom. The minimum Gasteiger partial charge on any atom is -0.756 e. The second-order valence-electron chi connectivity index (χ2n) is 13.9. The van der Waals surface area contributed by atoms with Gasteiger partial charge in [0, 0.05) is 12.8 Å². The van der Waals surface area contributed by atoms with Crippen LogP contribution in [0.4, 0.5) is 0 Å². The van der Waals surface area contributed by atoms with Crippen molar-refractivity contribution in [3.05, 3.63) is 24.3 Å². The molecule has 0 aromatic rings. The SMILES string of the molecule is CCCC/C=C\C/C=C\CCCCCCCC(=O)OC[C@H](COP(=O)([O-])OCC[N+](C)(C)C)OC(=O)CCCCCCCCCCCC. The van der Waals surface area contributed by atoms with Crippen molar-refractivity contribution < 1.29 is 42.1 Å². The molecule has 0 rings (SSSR count). The van der Waals surface area contributed by atoms with Gasteiger partial charge in [-0.25, -0.2) is 0 Å². The standard InChI is InChI=1S/C38H72NO8P/c1-6-8-10-12-14-16-18-19-20-21-23-24-26-28-30-37(40)44-34-36(35-46-48(42,43)45-33-32-39(3,4)5)47-38(41)31-29-27-25-22-17-15-13-11-9-7-2/h12,14,18-19,36H,6-11,13,15-17,20-35H2,1-5H3/b14-12-,19-18-/t36-/m1/s1. The zero-order valence-electron chi connectivity index (χ0n) is 31.4. The molecule has 0 aliphatic rings. The summed E-state index contributed by atoms with van der Waals surface area (Å²) < 4.78 is 33.7. The number of carbonyl (C=O) groups excluding carboxylic acids is 2. The summed E-state index contributed by atoms with van der Waals surface area (Å²) >= 11 is 0. The molecule has 0 saturated carbocycles. The lowest BCUT2D eigenvalue weighted by Crippen LogP contribution is -2.37. The Kier molecular flexibility index (Phi) is 30.5. The van der Waals surface area contributed by atoms with E-state index in [1.54, 1.807) is 0 Å². The predicted molar refractivity (Wildman–Crippen MR) is 194 cm³/mol. The molecular formula is C38H72NO8P. The molecule has 2 atom stereocenters. The van der Waals surface area contributed by atoms with E-state index in [9.17, 15) is 19.0 Å². The van der Waals surface area contributed by atoms with Crippen molar-refractivity contribution in [3.8, 4) is 0 Å². The first kappa shape index (κ1) is 46.5. The van der Waals surface area contributed by atoms with Crippen LogP contribution in [-0.4, -0.2) is 70.0 Å². The van der Waals surface area contributed by atoms with E-state index in [1.807, 2.05) is 21.1 Å². The molecule has 9 nitrogen and oxygen atoms in total. The number of rotatable bonds is 34. The number of quaternary nitrogens is 1. The summed E-state index contributed by atoms with van der Waals surface area (Å²) in [5, 5.41) is 0. The van der Waals surface area contributed by atoms with Gasteiger partial charge in [-0.1, -0.05) is 128 Å². The van der Waals surface area contributed by atoms with Gasteiger partial charge in [-0.15, -0.1) is 0 Å². The zero-order chi connectivity index (χ0) is 35.8. The number of ether oxygens (including phenoxy) is 2. The molecule has 0 heterocycles. The number of likely N-dealkylation sites (N-methyl/N-ethyl adjacent to an activating group) is 1. The van der Waals surface area contributed by atoms with Gasteiger partial charge in [0.25, 0.3) is 7.82 Å². The van der Waals surface area contributed by atoms with E-state index in [4.69, 9.17) is 18.5 Å². The monoisotopic (exact) mass is 701 g/mol. The molecule has 0 saturated heterocycles. The molecule has 0 radical (unpaired) electrons. The van der Waals surface area contributed by atoms with Crippen molar-refractivity contribution in [3.63, 3.8) is 0 Å². The molecule has 0 aliphatic heterocycles. The highest BCUT2D eigenvalue weighted by Gasteiger charge is 2.21. The Morgan fingerprint density at radius 1 is 0.646 bits per heavy atom. The van der Waals surface area contributed by atoms with Crippen molar-refractivity contribution in [1.29, 1.82) is 0 Å². The largest absolute Gasteiger partial charge is 0.756 e. The van der Waals surface area contributed by atoms with Gasteiger partial charge in [-0.2, -0.15) is 0 Å². The highest BCUT2D eigenvalue weighted by Crippen LogP contribution is 2.38. The van der Waals surface area contributed by atoms with Gasteiger partial charge in [-0.3, -0.25) is 14.2 Å². The maximum Gasteiger partial charge on any atom is 0.306 e. The lowest BCUT2D eigenvalue weighted by Gasteiger charge is -2.28. The van der Waals surface area contributed by atoms with Gasteiger partial charge in [0.2, 0.25) is 0 Å². The van der Waals surface area contributed by atoms with Crippen LogP contribution in [0.5, 0.6) is 0 Å². The third-order valence-electron chi connectivity index (χ3n) is 7.97. The van der Waals surface area contributed by atoms with Crippen LogP contribution in [0.1, 0.15) is 155 Å². The van der Waals surface area contributed by atoms with Gasteiger partial charge in [0.15, 0.2) is 6.10 Å². The Hall–Kier alpha value is -1.51. The van der Waals surface area contributed by atoms with E-state index in [0.29, 0.717) is 23.9 Å². The number of phosphoric ester groups is 1. The third kappa shape index (κ3) is 34.4. The molecule has 0 bridgehead atoms. The van der Waals surface area contributed by atoms with Crippen LogP contribution in [-0.2, 0) is 32.7 Å². The quantitative estimate of drug-likeness (QED) is 0.0215. The number of phosphoric acid groups is 1. The van der Waals surface area contributed by atoms with Gasteiger partial charge >= 0.3 is 11.9 Å². The topological polar surface area (TPSA) is 111 Å². The number of esters is 2. The molecule has 48 heavy (non-hydrogen) atoms. The summed E-state index contributed by atoms with van der Waals surface area (Å²) in [5.74, 6) is -0.852. The van der Waals surface area contributed by atoms with Crippen LogP contribution < -0.4 is 4.89 Å². The average Bonchev–Trinajstić information content (AvgIpc) is 3.02. The summed E-state index contributed by atoms with van der Waals surface area (Å²) in [6.45, 7) is 4.14. The minimum atomic E-state index is -4.61. The molecule has 0 aromatic carbocycles. The maximum atomic E-state index is 12.6. The summed E-state index contributed by atoms with van der Waals surface area (Å²) in [6, 6.07) is 0. The molecule has 0 aliphatic carbocycles. The van der Waals surface area contributed by atoms with Gasteiger partial charge in [-0.05, 0) is 38.5 Å². The smallest absolute Gasteiger partial charge is 0.306 e. The molecule has 0 spiro atoms. The Morgan fingerprint density at radius 3 is 1.71 bits per heavy atom. The van der Waals surface area contributed by atoms with Gasteiger partial charge < -0.3 is 27.9 Å². The van der Waals surface area contributed by atoms with Crippen LogP contribution in [0, 0.1) is 0 Å². The first-order valence-corrected chi connectivity index (χ1v) is 20.5. The molecule has 0 fully saturated rings. The second kappa shape index (κ2) is 31.5. The predicted octanol–water partition coefficient (Wildman–Crippen LogP) is 9.38. The highest BCUT2D eigenvalue weighted by molar-refractivity contribution is 7.45. The molecule has 282 valence electrons. The molecule has 0 aromatic heterocycles. The minimum absolute atomic E-state index is 0.0318. The van der Waals surface area contributed by atoms with E-state index in [0.717, 1.165) is 64.2 Å². The lowest BCUT2D eigenvalue weighted by molar-refractivity contribution is -0.870. The van der Waals surface area contributed by atoms with Crippen molar-refractivity contribution in [2.45, 2.75) is 161 Å². The summed E-state index contributed by atoms with van der Waals surface area (Å²) in [4.78, 5) is 37.2. The van der Waals surface area contributed by atoms with Gasteiger partial charge in [0.05, 0.1) is 27.7 Å². The third-order valence-corrected chi connectivity index (χ3v) is 8.94. The zero-order valence-corrected chi connectivity index (χ0v) is 32.3. The average molecular weight is 702 g/mol. The maximum absolute atomic E-state index is 12.6. The van der Waals surface area contributed by atoms with E-state index in [-0.39, 0.29) is 26.1 Å². The lowest BCUT2D eigenvalue weighted by atomic mass is 10.1. The van der Waals surface area contributed by atoms with Crippen molar-refractivity contribution in [1.82, 2.24) is 0 Å². The highest BCUT2D eigenvalue weighted by atomic mass is 31.2. The van der Waals surface area contributed by atoms with Gasteiger partial charge in [0.1, 0.15) is 19.8 Å². The first-order chi connectivity index (χ1) is 23.0. The fraction of sp³-hybridized carbons (Fsp3) is 0.842.